The van der Waals surface area contributed by atoms with Crippen molar-refractivity contribution in [2.24, 2.45) is 4.99 Å². The fourth-order valence-corrected chi connectivity index (χ4v) is 2.30. The number of hydrogen-bond donors (Lipinski definition) is 3. The Bertz CT molecular complexity index is 531. The summed E-state index contributed by atoms with van der Waals surface area (Å²) in [7, 11) is 0. The molecule has 1 aromatic carbocycles. The zero-order valence-corrected chi connectivity index (χ0v) is 10.9. The Balaban J connectivity index is 1.93. The minimum absolute atomic E-state index is 0.0807. The molecule has 1 aliphatic rings. The first kappa shape index (κ1) is 13.4. The molecule has 0 saturated heterocycles. The second-order valence-electron chi connectivity index (χ2n) is 3.80. The molecule has 100 valence electrons. The summed E-state index contributed by atoms with van der Waals surface area (Å²) in [5.74, 6) is -1.12. The minimum atomic E-state index is -1.06. The monoisotopic (exact) mass is 279 g/mol. The number of carboxylic acid groups (broad SMARTS) is 1. The van der Waals surface area contributed by atoms with Gasteiger partial charge in [0.2, 0.25) is 5.91 Å². The highest BCUT2D eigenvalue weighted by atomic mass is 32.2. The molecule has 1 heterocycles. The average Bonchev–Trinajstić information content (AvgIpc) is 2.90. The van der Waals surface area contributed by atoms with Gasteiger partial charge in [-0.05, 0) is 12.1 Å². The number of amides is 1. The van der Waals surface area contributed by atoms with E-state index < -0.39 is 5.97 Å². The van der Waals surface area contributed by atoms with Gasteiger partial charge in [0, 0.05) is 6.54 Å². The minimum Gasteiger partial charge on any atom is -0.478 e. The number of aromatic carboxylic acids is 1. The Morgan fingerprint density at radius 1 is 1.42 bits per heavy atom. The first-order valence-electron chi connectivity index (χ1n) is 5.70. The second kappa shape index (κ2) is 6.24. The number of benzene rings is 1. The molecule has 0 radical (unpaired) electrons. The van der Waals surface area contributed by atoms with Crippen LogP contribution in [0.15, 0.2) is 29.3 Å². The van der Waals surface area contributed by atoms with E-state index in [2.05, 4.69) is 15.6 Å². The maximum absolute atomic E-state index is 11.7. The van der Waals surface area contributed by atoms with Crippen LogP contribution in [0.25, 0.3) is 0 Å². The predicted molar refractivity (Wildman–Crippen MR) is 74.8 cm³/mol. The van der Waals surface area contributed by atoms with E-state index in [0.29, 0.717) is 5.69 Å². The van der Waals surface area contributed by atoms with Gasteiger partial charge in [-0.1, -0.05) is 23.9 Å². The maximum Gasteiger partial charge on any atom is 0.337 e. The van der Waals surface area contributed by atoms with Crippen LogP contribution >= 0.6 is 11.8 Å². The maximum atomic E-state index is 11.7. The molecule has 1 aromatic rings. The normalized spacial score (nSPS) is 13.6. The highest BCUT2D eigenvalue weighted by molar-refractivity contribution is 8.14. The zero-order chi connectivity index (χ0) is 13.7. The molecule has 0 fully saturated rings. The highest BCUT2D eigenvalue weighted by Crippen LogP contribution is 2.15. The Kier molecular flexibility index (Phi) is 4.40. The van der Waals surface area contributed by atoms with Crippen molar-refractivity contribution in [2.75, 3.05) is 24.2 Å². The number of anilines is 1. The summed E-state index contributed by atoms with van der Waals surface area (Å²) in [6.45, 7) is 1.53. The van der Waals surface area contributed by atoms with E-state index in [0.717, 1.165) is 18.3 Å². The van der Waals surface area contributed by atoms with E-state index in [4.69, 9.17) is 5.11 Å². The lowest BCUT2D eigenvalue weighted by atomic mass is 10.2. The SMILES string of the molecule is O=C(CSC1=NCCN1)Nc1ccccc1C(=O)O. The number of carbonyl (C=O) groups excluding carboxylic acids is 1. The van der Waals surface area contributed by atoms with E-state index in [1.54, 1.807) is 18.2 Å². The molecular weight excluding hydrogens is 266 g/mol. The Labute approximate surface area is 114 Å². The van der Waals surface area contributed by atoms with Gasteiger partial charge in [-0.3, -0.25) is 9.79 Å². The number of rotatable bonds is 4. The van der Waals surface area contributed by atoms with Crippen molar-refractivity contribution in [3.05, 3.63) is 29.8 Å². The quantitative estimate of drug-likeness (QED) is 0.765. The summed E-state index contributed by atoms with van der Waals surface area (Å²) in [6.07, 6.45) is 0. The Morgan fingerprint density at radius 2 is 2.21 bits per heavy atom. The summed E-state index contributed by atoms with van der Waals surface area (Å²) >= 11 is 1.31. The summed E-state index contributed by atoms with van der Waals surface area (Å²) in [5.41, 5.74) is 0.388. The molecule has 3 N–H and O–H groups in total. The number of carboxylic acids is 1. The van der Waals surface area contributed by atoms with Gasteiger partial charge in [0.15, 0.2) is 5.17 Å². The van der Waals surface area contributed by atoms with Crippen molar-refractivity contribution in [1.82, 2.24) is 5.32 Å². The van der Waals surface area contributed by atoms with Crippen molar-refractivity contribution in [1.29, 1.82) is 0 Å². The molecule has 0 bridgehead atoms. The van der Waals surface area contributed by atoms with Crippen molar-refractivity contribution in [2.45, 2.75) is 0 Å². The third kappa shape index (κ3) is 3.72. The molecular formula is C12H13N3O3S. The molecule has 0 unspecified atom stereocenters. The lowest BCUT2D eigenvalue weighted by Crippen LogP contribution is -2.21. The number of nitrogens with zero attached hydrogens (tertiary/aromatic N) is 1. The van der Waals surface area contributed by atoms with E-state index in [9.17, 15) is 9.59 Å². The van der Waals surface area contributed by atoms with Crippen molar-refractivity contribution in [3.63, 3.8) is 0 Å². The number of para-hydroxylation sites is 1. The van der Waals surface area contributed by atoms with Crippen LogP contribution in [0, 0.1) is 0 Å². The van der Waals surface area contributed by atoms with Crippen molar-refractivity contribution in [3.8, 4) is 0 Å². The van der Waals surface area contributed by atoms with Gasteiger partial charge >= 0.3 is 5.97 Å². The number of thioether (sulfide) groups is 1. The van der Waals surface area contributed by atoms with Gasteiger partial charge in [-0.2, -0.15) is 0 Å². The molecule has 0 aliphatic carbocycles. The lowest BCUT2D eigenvalue weighted by molar-refractivity contribution is -0.113. The topological polar surface area (TPSA) is 90.8 Å². The highest BCUT2D eigenvalue weighted by Gasteiger charge is 2.13. The molecule has 0 aromatic heterocycles. The van der Waals surface area contributed by atoms with Gasteiger partial charge in [-0.25, -0.2) is 4.79 Å². The fraction of sp³-hybridized carbons (Fsp3) is 0.250. The Morgan fingerprint density at radius 3 is 2.89 bits per heavy atom. The van der Waals surface area contributed by atoms with Gasteiger partial charge in [0.25, 0.3) is 0 Å². The third-order valence-electron chi connectivity index (χ3n) is 2.41. The van der Waals surface area contributed by atoms with E-state index in [1.807, 2.05) is 0 Å². The largest absolute Gasteiger partial charge is 0.478 e. The number of nitrogens with one attached hydrogen (secondary N) is 2. The Hall–Kier alpha value is -2.02. The van der Waals surface area contributed by atoms with Crippen LogP contribution in [0.4, 0.5) is 5.69 Å². The van der Waals surface area contributed by atoms with Crippen molar-refractivity contribution >= 4 is 34.5 Å². The summed E-state index contributed by atoms with van der Waals surface area (Å²) in [4.78, 5) is 26.9. The fourth-order valence-electron chi connectivity index (χ4n) is 1.57. The van der Waals surface area contributed by atoms with Gasteiger partial charge in [0.1, 0.15) is 0 Å². The van der Waals surface area contributed by atoms with Gasteiger partial charge in [0.05, 0.1) is 23.5 Å². The van der Waals surface area contributed by atoms with Crippen LogP contribution in [0.2, 0.25) is 0 Å². The first-order chi connectivity index (χ1) is 9.16. The lowest BCUT2D eigenvalue weighted by Gasteiger charge is -2.08. The molecule has 2 rings (SSSR count). The number of aliphatic imine (C=N–C) groups is 1. The number of amidine groups is 1. The number of hydrogen-bond acceptors (Lipinski definition) is 5. The average molecular weight is 279 g/mol. The molecule has 0 atom stereocenters. The summed E-state index contributed by atoms with van der Waals surface area (Å²) < 4.78 is 0. The van der Waals surface area contributed by atoms with E-state index in [-0.39, 0.29) is 17.2 Å². The molecule has 6 nitrogen and oxygen atoms in total. The first-order valence-corrected chi connectivity index (χ1v) is 6.68. The molecule has 0 spiro atoms. The van der Waals surface area contributed by atoms with Crippen LogP contribution in [0.1, 0.15) is 10.4 Å². The summed E-state index contributed by atoms with van der Waals surface area (Å²) in [5, 5.41) is 15.4. The number of carbonyl (C=O) groups is 2. The molecule has 7 heteroatoms. The molecule has 1 amide bonds. The van der Waals surface area contributed by atoms with E-state index in [1.165, 1.54) is 17.8 Å². The van der Waals surface area contributed by atoms with Gasteiger partial charge in [-0.15, -0.1) is 0 Å². The zero-order valence-electron chi connectivity index (χ0n) is 10.0. The van der Waals surface area contributed by atoms with Crippen molar-refractivity contribution < 1.29 is 14.7 Å². The van der Waals surface area contributed by atoms with Crippen LogP contribution in [-0.4, -0.2) is 41.0 Å². The second-order valence-corrected chi connectivity index (χ2v) is 4.77. The molecule has 19 heavy (non-hydrogen) atoms. The predicted octanol–water partition coefficient (Wildman–Crippen LogP) is 1.02. The molecule has 0 saturated carbocycles. The van der Waals surface area contributed by atoms with Crippen LogP contribution in [-0.2, 0) is 4.79 Å². The van der Waals surface area contributed by atoms with Crippen LogP contribution in [0.5, 0.6) is 0 Å². The standard InChI is InChI=1S/C12H13N3O3S/c16-10(7-19-12-13-5-6-14-12)15-9-4-2-1-3-8(9)11(17)18/h1-4H,5-7H2,(H,13,14)(H,15,16)(H,17,18). The third-order valence-corrected chi connectivity index (χ3v) is 3.37. The van der Waals surface area contributed by atoms with Crippen LogP contribution in [0.3, 0.4) is 0 Å². The van der Waals surface area contributed by atoms with Gasteiger partial charge < -0.3 is 15.7 Å². The van der Waals surface area contributed by atoms with E-state index >= 15 is 0 Å². The van der Waals surface area contributed by atoms with Crippen LogP contribution < -0.4 is 10.6 Å². The molecule has 1 aliphatic heterocycles. The summed E-state index contributed by atoms with van der Waals surface area (Å²) in [6, 6.07) is 6.31. The smallest absolute Gasteiger partial charge is 0.337 e.